The molecule has 1 fully saturated rings. The van der Waals surface area contributed by atoms with E-state index in [1.807, 2.05) is 29.2 Å². The fraction of sp³-hybridized carbons (Fsp3) is 0.389. The smallest absolute Gasteiger partial charge is 0.230 e. The van der Waals surface area contributed by atoms with Crippen molar-refractivity contribution < 1.29 is 14.1 Å². The molecule has 1 saturated heterocycles. The summed E-state index contributed by atoms with van der Waals surface area (Å²) in [5.74, 6) is 0.688. The minimum absolute atomic E-state index is 0.125. The van der Waals surface area contributed by atoms with Gasteiger partial charge in [-0.2, -0.15) is 0 Å². The number of aryl methyl sites for hydroxylation is 1. The highest BCUT2D eigenvalue weighted by Crippen LogP contribution is 2.20. The van der Waals surface area contributed by atoms with E-state index in [1.165, 1.54) is 0 Å². The SMILES string of the molecule is CC(=O)N1CCN(c2ccc(NC(=O)Cc3cc(C)on3)cc2)CC1. The van der Waals surface area contributed by atoms with Crippen LogP contribution in [0.2, 0.25) is 0 Å². The Bertz CT molecular complexity index is 746. The quantitative estimate of drug-likeness (QED) is 0.917. The van der Waals surface area contributed by atoms with Gasteiger partial charge < -0.3 is 19.6 Å². The number of benzene rings is 1. The van der Waals surface area contributed by atoms with Crippen LogP contribution in [0.5, 0.6) is 0 Å². The number of aromatic nitrogens is 1. The fourth-order valence-corrected chi connectivity index (χ4v) is 2.91. The molecule has 1 aromatic carbocycles. The number of hydrogen-bond acceptors (Lipinski definition) is 5. The number of carbonyl (C=O) groups is 2. The van der Waals surface area contributed by atoms with Gasteiger partial charge in [-0.15, -0.1) is 0 Å². The normalized spacial score (nSPS) is 14.5. The maximum absolute atomic E-state index is 12.0. The van der Waals surface area contributed by atoms with Crippen LogP contribution in [0.4, 0.5) is 11.4 Å². The summed E-state index contributed by atoms with van der Waals surface area (Å²) in [5, 5.41) is 6.68. The van der Waals surface area contributed by atoms with E-state index in [-0.39, 0.29) is 18.2 Å². The van der Waals surface area contributed by atoms with E-state index in [4.69, 9.17) is 4.52 Å². The van der Waals surface area contributed by atoms with Gasteiger partial charge in [0.1, 0.15) is 5.76 Å². The van der Waals surface area contributed by atoms with E-state index in [2.05, 4.69) is 15.4 Å². The third kappa shape index (κ3) is 4.37. The Hall–Kier alpha value is -2.83. The Morgan fingerprint density at radius 3 is 2.40 bits per heavy atom. The summed E-state index contributed by atoms with van der Waals surface area (Å²) in [6, 6.07) is 9.50. The molecule has 1 aliphatic heterocycles. The number of nitrogens with one attached hydrogen (secondary N) is 1. The summed E-state index contributed by atoms with van der Waals surface area (Å²) < 4.78 is 4.96. The van der Waals surface area contributed by atoms with Crippen LogP contribution in [-0.4, -0.2) is 48.0 Å². The van der Waals surface area contributed by atoms with Crippen molar-refractivity contribution in [3.8, 4) is 0 Å². The first-order valence-electron chi connectivity index (χ1n) is 8.34. The van der Waals surface area contributed by atoms with Crippen molar-refractivity contribution in [1.82, 2.24) is 10.1 Å². The van der Waals surface area contributed by atoms with Crippen LogP contribution in [0, 0.1) is 6.92 Å². The first kappa shape index (κ1) is 17.0. The molecule has 7 nitrogen and oxygen atoms in total. The van der Waals surface area contributed by atoms with Gasteiger partial charge in [-0.25, -0.2) is 0 Å². The van der Waals surface area contributed by atoms with Gasteiger partial charge in [0.25, 0.3) is 0 Å². The summed E-state index contributed by atoms with van der Waals surface area (Å²) in [7, 11) is 0. The van der Waals surface area contributed by atoms with E-state index in [9.17, 15) is 9.59 Å². The molecule has 1 aliphatic rings. The molecule has 2 amide bonds. The van der Waals surface area contributed by atoms with Crippen LogP contribution in [0.1, 0.15) is 18.4 Å². The molecule has 2 aromatic rings. The average Bonchev–Trinajstić information content (AvgIpc) is 3.00. The van der Waals surface area contributed by atoms with Gasteiger partial charge in [0, 0.05) is 50.5 Å². The zero-order chi connectivity index (χ0) is 17.8. The first-order chi connectivity index (χ1) is 12.0. The minimum Gasteiger partial charge on any atom is -0.368 e. The molecule has 0 bridgehead atoms. The van der Waals surface area contributed by atoms with Gasteiger partial charge in [0.05, 0.1) is 12.1 Å². The number of piperazine rings is 1. The van der Waals surface area contributed by atoms with E-state index < -0.39 is 0 Å². The molecule has 7 heteroatoms. The lowest BCUT2D eigenvalue weighted by molar-refractivity contribution is -0.129. The Morgan fingerprint density at radius 2 is 1.84 bits per heavy atom. The van der Waals surface area contributed by atoms with E-state index in [1.54, 1.807) is 19.9 Å². The Kier molecular flexibility index (Phi) is 5.02. The maximum atomic E-state index is 12.0. The molecular formula is C18H22N4O3. The lowest BCUT2D eigenvalue weighted by atomic mass is 10.2. The van der Waals surface area contributed by atoms with Crippen LogP contribution in [0.25, 0.3) is 0 Å². The predicted molar refractivity (Wildman–Crippen MR) is 94.5 cm³/mol. The highest BCUT2D eigenvalue weighted by molar-refractivity contribution is 5.92. The molecule has 0 spiro atoms. The third-order valence-electron chi connectivity index (χ3n) is 4.26. The summed E-state index contributed by atoms with van der Waals surface area (Å²) in [5.41, 5.74) is 2.46. The number of carbonyl (C=O) groups excluding carboxylic acids is 2. The Balaban J connectivity index is 1.53. The van der Waals surface area contributed by atoms with Crippen LogP contribution < -0.4 is 10.2 Å². The van der Waals surface area contributed by atoms with Gasteiger partial charge in [-0.3, -0.25) is 9.59 Å². The largest absolute Gasteiger partial charge is 0.368 e. The fourth-order valence-electron chi connectivity index (χ4n) is 2.91. The topological polar surface area (TPSA) is 78.7 Å². The zero-order valence-electron chi connectivity index (χ0n) is 14.5. The van der Waals surface area contributed by atoms with Crippen molar-refractivity contribution in [2.45, 2.75) is 20.3 Å². The molecular weight excluding hydrogens is 320 g/mol. The number of rotatable bonds is 4. The van der Waals surface area contributed by atoms with Crippen molar-refractivity contribution in [2.24, 2.45) is 0 Å². The highest BCUT2D eigenvalue weighted by atomic mass is 16.5. The van der Waals surface area contributed by atoms with Gasteiger partial charge in [0.2, 0.25) is 11.8 Å². The standard InChI is InChI=1S/C18H22N4O3/c1-13-11-16(20-25-13)12-18(24)19-15-3-5-17(6-4-15)22-9-7-21(8-10-22)14(2)23/h3-6,11H,7-10,12H2,1-2H3,(H,19,24). The number of hydrogen-bond donors (Lipinski definition) is 1. The van der Waals surface area contributed by atoms with Crippen LogP contribution in [-0.2, 0) is 16.0 Å². The maximum Gasteiger partial charge on any atom is 0.230 e. The second kappa shape index (κ2) is 7.38. The van der Waals surface area contributed by atoms with Gasteiger partial charge in [-0.1, -0.05) is 5.16 Å². The van der Waals surface area contributed by atoms with E-state index >= 15 is 0 Å². The molecule has 25 heavy (non-hydrogen) atoms. The second-order valence-corrected chi connectivity index (χ2v) is 6.19. The van der Waals surface area contributed by atoms with Gasteiger partial charge in [0.15, 0.2) is 0 Å². The number of nitrogens with zero attached hydrogens (tertiary/aromatic N) is 3. The molecule has 3 rings (SSSR count). The van der Waals surface area contributed by atoms with E-state index in [0.717, 1.165) is 37.6 Å². The molecule has 0 unspecified atom stereocenters. The highest BCUT2D eigenvalue weighted by Gasteiger charge is 2.18. The molecule has 0 radical (unpaired) electrons. The third-order valence-corrected chi connectivity index (χ3v) is 4.26. The first-order valence-corrected chi connectivity index (χ1v) is 8.34. The predicted octanol–water partition coefficient (Wildman–Crippen LogP) is 1.83. The molecule has 0 atom stereocenters. The lowest BCUT2D eigenvalue weighted by Gasteiger charge is -2.35. The molecule has 1 aromatic heterocycles. The van der Waals surface area contributed by atoms with Crippen LogP contribution in [0.3, 0.4) is 0 Å². The van der Waals surface area contributed by atoms with Crippen LogP contribution in [0.15, 0.2) is 34.9 Å². The van der Waals surface area contributed by atoms with Crippen molar-refractivity contribution in [2.75, 3.05) is 36.4 Å². The van der Waals surface area contributed by atoms with Crippen molar-refractivity contribution in [3.63, 3.8) is 0 Å². The average molecular weight is 342 g/mol. The molecule has 0 aliphatic carbocycles. The van der Waals surface area contributed by atoms with E-state index in [0.29, 0.717) is 11.5 Å². The second-order valence-electron chi connectivity index (χ2n) is 6.19. The summed E-state index contributed by atoms with van der Waals surface area (Å²) in [6.07, 6.45) is 0.187. The van der Waals surface area contributed by atoms with Gasteiger partial charge in [-0.05, 0) is 31.2 Å². The monoisotopic (exact) mass is 342 g/mol. The van der Waals surface area contributed by atoms with Crippen LogP contribution >= 0.6 is 0 Å². The summed E-state index contributed by atoms with van der Waals surface area (Å²) >= 11 is 0. The lowest BCUT2D eigenvalue weighted by Crippen LogP contribution is -2.48. The molecule has 132 valence electrons. The Labute approximate surface area is 146 Å². The van der Waals surface area contributed by atoms with Gasteiger partial charge >= 0.3 is 0 Å². The summed E-state index contributed by atoms with van der Waals surface area (Å²) in [4.78, 5) is 27.5. The molecule has 0 saturated carbocycles. The molecule has 1 N–H and O–H groups in total. The Morgan fingerprint density at radius 1 is 1.16 bits per heavy atom. The number of anilines is 2. The minimum atomic E-state index is -0.129. The molecule has 2 heterocycles. The number of amides is 2. The van der Waals surface area contributed by atoms with Crippen molar-refractivity contribution in [3.05, 3.63) is 41.8 Å². The van der Waals surface area contributed by atoms with Crippen molar-refractivity contribution >= 4 is 23.2 Å². The summed E-state index contributed by atoms with van der Waals surface area (Å²) in [6.45, 7) is 6.51. The van der Waals surface area contributed by atoms with Crippen molar-refractivity contribution in [1.29, 1.82) is 0 Å². The zero-order valence-corrected chi connectivity index (χ0v) is 14.5.